The number of nitrogens with two attached hydrogens (primary N) is 2. The van der Waals surface area contributed by atoms with Crippen molar-refractivity contribution in [1.82, 2.24) is 0 Å². The van der Waals surface area contributed by atoms with Gasteiger partial charge in [0.25, 0.3) is 0 Å². The lowest BCUT2D eigenvalue weighted by atomic mass is 10.0. The fourth-order valence-corrected chi connectivity index (χ4v) is 2.07. The van der Waals surface area contributed by atoms with E-state index in [0.717, 1.165) is 28.1 Å². The number of hydrogen-bond donors (Lipinski definition) is 2. The van der Waals surface area contributed by atoms with Gasteiger partial charge in [0.2, 0.25) is 0 Å². The van der Waals surface area contributed by atoms with Gasteiger partial charge in [-0.3, -0.25) is 4.99 Å². The molecule has 0 atom stereocenters. The molecule has 1 aliphatic heterocycles. The molecule has 0 unspecified atom stereocenters. The molecule has 2 aromatic carbocycles. The summed E-state index contributed by atoms with van der Waals surface area (Å²) in [4.78, 5) is 9.16. The fraction of sp³-hybridized carbons (Fsp3) is 0. The predicted octanol–water partition coefficient (Wildman–Crippen LogP) is 2.78. The highest BCUT2D eigenvalue weighted by molar-refractivity contribution is 6.21. The van der Waals surface area contributed by atoms with E-state index in [1.54, 1.807) is 6.07 Å². The van der Waals surface area contributed by atoms with Gasteiger partial charge in [-0.25, -0.2) is 0 Å². The standard InChI is InChI=1S/C15H13N3O/c16-12-6-4-10(5-7-12)8-11-9-18-15-13(11)2-1-3-14(15)19-17/h1-9H,16-17H2. The molecule has 1 heterocycles. The second-order valence-corrected chi connectivity index (χ2v) is 4.29. The Hall–Kier alpha value is -2.59. The molecule has 94 valence electrons. The van der Waals surface area contributed by atoms with Crippen LogP contribution in [0.3, 0.4) is 0 Å². The molecule has 3 rings (SSSR count). The van der Waals surface area contributed by atoms with E-state index in [-0.39, 0.29) is 0 Å². The number of rotatable bonds is 2. The highest BCUT2D eigenvalue weighted by Gasteiger charge is 2.16. The smallest absolute Gasteiger partial charge is 0.173 e. The van der Waals surface area contributed by atoms with Crippen LogP contribution in [0.2, 0.25) is 0 Å². The van der Waals surface area contributed by atoms with E-state index < -0.39 is 0 Å². The highest BCUT2D eigenvalue weighted by Crippen LogP contribution is 2.39. The lowest BCUT2D eigenvalue weighted by molar-refractivity contribution is 0.336. The summed E-state index contributed by atoms with van der Waals surface area (Å²) in [5.74, 6) is 5.81. The normalized spacial score (nSPS) is 14.7. The molecular formula is C15H13N3O. The topological polar surface area (TPSA) is 73.6 Å². The molecule has 0 aromatic heterocycles. The van der Waals surface area contributed by atoms with E-state index in [9.17, 15) is 0 Å². The molecule has 4 N–H and O–H groups in total. The SMILES string of the molecule is NOc1cccc2c1N=CC2=Cc1ccc(N)cc1. The van der Waals surface area contributed by atoms with Gasteiger partial charge in [-0.2, -0.15) is 5.90 Å². The molecule has 0 radical (unpaired) electrons. The number of anilines is 1. The van der Waals surface area contributed by atoms with Gasteiger partial charge < -0.3 is 10.6 Å². The molecule has 19 heavy (non-hydrogen) atoms. The van der Waals surface area contributed by atoms with Gasteiger partial charge in [-0.1, -0.05) is 24.3 Å². The molecule has 0 fully saturated rings. The Balaban J connectivity index is 2.03. The first-order valence-electron chi connectivity index (χ1n) is 5.89. The number of aliphatic imine (C=N–C) groups is 1. The first-order chi connectivity index (χ1) is 9.28. The van der Waals surface area contributed by atoms with Gasteiger partial charge in [-0.15, -0.1) is 0 Å². The summed E-state index contributed by atoms with van der Waals surface area (Å²) in [5, 5.41) is 0. The lowest BCUT2D eigenvalue weighted by Crippen LogP contribution is -2.01. The van der Waals surface area contributed by atoms with E-state index in [1.807, 2.05) is 42.6 Å². The average Bonchev–Trinajstić information content (AvgIpc) is 2.84. The molecule has 0 saturated heterocycles. The summed E-state index contributed by atoms with van der Waals surface area (Å²) in [5.41, 5.74) is 10.3. The quantitative estimate of drug-likeness (QED) is 0.636. The van der Waals surface area contributed by atoms with E-state index >= 15 is 0 Å². The van der Waals surface area contributed by atoms with Crippen molar-refractivity contribution >= 4 is 29.2 Å². The Morgan fingerprint density at radius 3 is 2.58 bits per heavy atom. The van der Waals surface area contributed by atoms with Crippen molar-refractivity contribution in [2.24, 2.45) is 10.9 Å². The van der Waals surface area contributed by atoms with Gasteiger partial charge in [0, 0.05) is 23.0 Å². The van der Waals surface area contributed by atoms with E-state index in [4.69, 9.17) is 16.5 Å². The predicted molar refractivity (Wildman–Crippen MR) is 78.1 cm³/mol. The molecule has 0 aliphatic carbocycles. The van der Waals surface area contributed by atoms with Crippen molar-refractivity contribution in [3.05, 3.63) is 53.6 Å². The third-order valence-corrected chi connectivity index (χ3v) is 3.03. The lowest BCUT2D eigenvalue weighted by Gasteiger charge is -2.04. The van der Waals surface area contributed by atoms with Crippen molar-refractivity contribution in [2.75, 3.05) is 5.73 Å². The molecule has 0 bridgehead atoms. The van der Waals surface area contributed by atoms with Crippen LogP contribution in [0, 0.1) is 0 Å². The zero-order valence-electron chi connectivity index (χ0n) is 10.2. The van der Waals surface area contributed by atoms with Crippen LogP contribution in [0.5, 0.6) is 5.75 Å². The zero-order valence-corrected chi connectivity index (χ0v) is 10.2. The van der Waals surface area contributed by atoms with Crippen molar-refractivity contribution in [3.8, 4) is 5.75 Å². The molecular weight excluding hydrogens is 238 g/mol. The summed E-state index contributed by atoms with van der Waals surface area (Å²) < 4.78 is 0. The summed E-state index contributed by atoms with van der Waals surface area (Å²) in [6.07, 6.45) is 3.86. The maximum absolute atomic E-state index is 5.67. The third-order valence-electron chi connectivity index (χ3n) is 3.03. The maximum Gasteiger partial charge on any atom is 0.173 e. The van der Waals surface area contributed by atoms with Gasteiger partial charge in [0.15, 0.2) is 5.75 Å². The number of para-hydroxylation sites is 1. The summed E-state index contributed by atoms with van der Waals surface area (Å²) in [6, 6.07) is 13.4. The van der Waals surface area contributed by atoms with Crippen molar-refractivity contribution in [2.45, 2.75) is 0 Å². The molecule has 2 aromatic rings. The average molecular weight is 251 g/mol. The van der Waals surface area contributed by atoms with Crippen molar-refractivity contribution in [1.29, 1.82) is 0 Å². The Morgan fingerprint density at radius 1 is 1.05 bits per heavy atom. The number of fused-ring (bicyclic) bond motifs is 1. The van der Waals surface area contributed by atoms with Crippen LogP contribution in [0.15, 0.2) is 47.5 Å². The van der Waals surface area contributed by atoms with Gasteiger partial charge in [-0.05, 0) is 29.8 Å². The minimum absolute atomic E-state index is 0.578. The summed E-state index contributed by atoms with van der Waals surface area (Å²) in [6.45, 7) is 0. The Kier molecular flexibility index (Phi) is 2.78. The van der Waals surface area contributed by atoms with Gasteiger partial charge in [0.1, 0.15) is 5.69 Å². The third kappa shape index (κ3) is 2.09. The minimum Gasteiger partial charge on any atom is -0.409 e. The molecule has 1 aliphatic rings. The number of nitrogens with zero attached hydrogens (tertiary/aromatic N) is 1. The molecule has 0 spiro atoms. The Morgan fingerprint density at radius 2 is 1.84 bits per heavy atom. The Bertz CT molecular complexity index is 672. The summed E-state index contributed by atoms with van der Waals surface area (Å²) >= 11 is 0. The van der Waals surface area contributed by atoms with E-state index in [2.05, 4.69) is 11.1 Å². The van der Waals surface area contributed by atoms with Crippen LogP contribution >= 0.6 is 0 Å². The van der Waals surface area contributed by atoms with Crippen LogP contribution in [0.4, 0.5) is 11.4 Å². The molecule has 0 saturated carbocycles. The first kappa shape index (κ1) is 11.5. The van der Waals surface area contributed by atoms with Crippen LogP contribution in [-0.4, -0.2) is 6.21 Å². The second-order valence-electron chi connectivity index (χ2n) is 4.29. The number of benzene rings is 2. The van der Waals surface area contributed by atoms with Crippen LogP contribution in [-0.2, 0) is 0 Å². The monoisotopic (exact) mass is 251 g/mol. The van der Waals surface area contributed by atoms with E-state index in [1.165, 1.54) is 0 Å². The number of hydrogen-bond acceptors (Lipinski definition) is 4. The zero-order chi connectivity index (χ0) is 13.2. The molecule has 4 nitrogen and oxygen atoms in total. The van der Waals surface area contributed by atoms with Crippen molar-refractivity contribution < 1.29 is 4.84 Å². The first-order valence-corrected chi connectivity index (χ1v) is 5.89. The number of nitrogen functional groups attached to an aromatic ring is 1. The minimum atomic E-state index is 0.578. The van der Waals surface area contributed by atoms with Gasteiger partial charge in [0.05, 0.1) is 0 Å². The number of allylic oxidation sites excluding steroid dienone is 1. The molecule has 0 amide bonds. The van der Waals surface area contributed by atoms with Crippen LogP contribution < -0.4 is 16.5 Å². The van der Waals surface area contributed by atoms with E-state index in [0.29, 0.717) is 5.75 Å². The molecule has 4 heteroatoms. The fourth-order valence-electron chi connectivity index (χ4n) is 2.07. The maximum atomic E-state index is 5.67. The van der Waals surface area contributed by atoms with Crippen molar-refractivity contribution in [3.63, 3.8) is 0 Å². The Labute approximate surface area is 111 Å². The van der Waals surface area contributed by atoms with Crippen LogP contribution in [0.25, 0.3) is 11.6 Å². The van der Waals surface area contributed by atoms with Crippen LogP contribution in [0.1, 0.15) is 11.1 Å². The summed E-state index contributed by atoms with van der Waals surface area (Å²) in [7, 11) is 0. The van der Waals surface area contributed by atoms with Gasteiger partial charge >= 0.3 is 0 Å². The second kappa shape index (κ2) is 4.59. The highest BCUT2D eigenvalue weighted by atomic mass is 16.6. The largest absolute Gasteiger partial charge is 0.409 e.